The first kappa shape index (κ1) is 41.5. The molecular formula is C41H66O5. The van der Waals surface area contributed by atoms with Gasteiger partial charge in [-0.1, -0.05) is 190 Å². The van der Waals surface area contributed by atoms with Crippen molar-refractivity contribution in [2.24, 2.45) is 0 Å². The first-order valence-electron chi connectivity index (χ1n) is 18.6. The Bertz CT molecular complexity index is 955. The van der Waals surface area contributed by atoms with E-state index in [1.54, 1.807) is 60.7 Å². The molecule has 0 saturated carbocycles. The molecule has 1 unspecified atom stereocenters. The van der Waals surface area contributed by atoms with Gasteiger partial charge in [-0.05, 0) is 24.8 Å². The van der Waals surface area contributed by atoms with E-state index in [9.17, 15) is 14.7 Å². The van der Waals surface area contributed by atoms with E-state index >= 15 is 0 Å². The van der Waals surface area contributed by atoms with Crippen molar-refractivity contribution in [3.05, 3.63) is 71.8 Å². The Balaban J connectivity index is 0.000000465. The molecule has 0 aromatic heterocycles. The number of ether oxygens (including phenoxy) is 1. The first-order valence-corrected chi connectivity index (χ1v) is 18.6. The Hall–Kier alpha value is -2.50. The van der Waals surface area contributed by atoms with Crippen LogP contribution in [0.15, 0.2) is 60.7 Å². The van der Waals surface area contributed by atoms with E-state index in [1.807, 2.05) is 0 Å². The van der Waals surface area contributed by atoms with Gasteiger partial charge in [-0.3, -0.25) is 9.59 Å². The number of rotatable bonds is 28. The molecule has 0 aliphatic heterocycles. The van der Waals surface area contributed by atoms with Crippen molar-refractivity contribution >= 4 is 11.8 Å². The van der Waals surface area contributed by atoms with Crippen molar-refractivity contribution in [1.29, 1.82) is 0 Å². The Labute approximate surface area is 281 Å². The summed E-state index contributed by atoms with van der Waals surface area (Å²) >= 11 is 0. The van der Waals surface area contributed by atoms with Crippen molar-refractivity contribution in [2.75, 3.05) is 13.2 Å². The molecule has 2 aromatic carbocycles. The van der Waals surface area contributed by atoms with E-state index in [0.717, 1.165) is 13.2 Å². The Morgan fingerprint density at radius 2 is 0.935 bits per heavy atom. The predicted molar refractivity (Wildman–Crippen MR) is 192 cm³/mol. The van der Waals surface area contributed by atoms with Crippen LogP contribution in [0.1, 0.15) is 171 Å². The molecule has 0 radical (unpaired) electrons. The van der Waals surface area contributed by atoms with Gasteiger partial charge in [0.25, 0.3) is 0 Å². The predicted octanol–water partition coefficient (Wildman–Crippen LogP) is 11.5. The van der Waals surface area contributed by atoms with Gasteiger partial charge in [-0.25, -0.2) is 0 Å². The summed E-state index contributed by atoms with van der Waals surface area (Å²) in [4.78, 5) is 23.5. The SMILES string of the molecule is CCCCCCCCCCCCOCCCCCCCCCCCC.O=C(O)CCC(O)(C(=O)c1ccccc1)c1ccccc1. The highest BCUT2D eigenvalue weighted by molar-refractivity contribution is 6.03. The van der Waals surface area contributed by atoms with Crippen molar-refractivity contribution in [2.45, 2.75) is 161 Å². The molecule has 0 amide bonds. The van der Waals surface area contributed by atoms with Gasteiger partial charge >= 0.3 is 5.97 Å². The average molecular weight is 639 g/mol. The number of benzene rings is 2. The van der Waals surface area contributed by atoms with E-state index in [-0.39, 0.29) is 12.8 Å². The summed E-state index contributed by atoms with van der Waals surface area (Å²) in [6.45, 7) is 6.57. The maximum atomic E-state index is 12.6. The van der Waals surface area contributed by atoms with Crippen LogP contribution in [0.5, 0.6) is 0 Å². The molecule has 2 N–H and O–H groups in total. The van der Waals surface area contributed by atoms with Crippen molar-refractivity contribution in [3.8, 4) is 0 Å². The van der Waals surface area contributed by atoms with Crippen LogP contribution in [0, 0.1) is 0 Å². The number of carbonyl (C=O) groups excluding carboxylic acids is 1. The Morgan fingerprint density at radius 3 is 1.33 bits per heavy atom. The molecule has 2 aromatic rings. The van der Waals surface area contributed by atoms with Gasteiger partial charge in [0.1, 0.15) is 0 Å². The van der Waals surface area contributed by atoms with Gasteiger partial charge in [0.05, 0.1) is 0 Å². The summed E-state index contributed by atoms with van der Waals surface area (Å²) in [5, 5.41) is 19.7. The first-order chi connectivity index (χ1) is 22.5. The zero-order valence-electron chi connectivity index (χ0n) is 29.4. The molecule has 0 aliphatic rings. The number of hydrogen-bond acceptors (Lipinski definition) is 4. The number of Topliss-reactive ketones (excluding diaryl/α,β-unsaturated/α-hetero) is 1. The number of aliphatic carboxylic acids is 1. The lowest BCUT2D eigenvalue weighted by molar-refractivity contribution is -0.138. The van der Waals surface area contributed by atoms with Crippen LogP contribution < -0.4 is 0 Å². The highest BCUT2D eigenvalue weighted by Crippen LogP contribution is 2.30. The third-order valence-corrected chi connectivity index (χ3v) is 8.65. The lowest BCUT2D eigenvalue weighted by Crippen LogP contribution is -2.36. The summed E-state index contributed by atoms with van der Waals surface area (Å²) in [5.74, 6) is -1.54. The van der Waals surface area contributed by atoms with Gasteiger partial charge in [0.2, 0.25) is 0 Å². The van der Waals surface area contributed by atoms with Gasteiger partial charge in [0.15, 0.2) is 11.4 Å². The van der Waals surface area contributed by atoms with Gasteiger partial charge < -0.3 is 14.9 Å². The minimum absolute atomic E-state index is 0.167. The third-order valence-electron chi connectivity index (χ3n) is 8.65. The van der Waals surface area contributed by atoms with E-state index in [4.69, 9.17) is 9.84 Å². The number of carboxylic acids is 1. The number of aliphatic hydroxyl groups is 1. The van der Waals surface area contributed by atoms with Crippen LogP contribution >= 0.6 is 0 Å². The second-order valence-corrected chi connectivity index (χ2v) is 12.8. The minimum Gasteiger partial charge on any atom is -0.481 e. The number of hydrogen-bond donors (Lipinski definition) is 2. The third kappa shape index (κ3) is 20.6. The van der Waals surface area contributed by atoms with Crippen molar-refractivity contribution in [3.63, 3.8) is 0 Å². The summed E-state index contributed by atoms with van der Waals surface area (Å²) in [7, 11) is 0. The number of carbonyl (C=O) groups is 2. The van der Waals surface area contributed by atoms with Crippen LogP contribution in [0.4, 0.5) is 0 Å². The van der Waals surface area contributed by atoms with E-state index < -0.39 is 17.4 Å². The van der Waals surface area contributed by atoms with Crippen molar-refractivity contribution in [1.82, 2.24) is 0 Å². The molecule has 0 heterocycles. The molecule has 0 bridgehead atoms. The normalized spacial score (nSPS) is 12.2. The lowest BCUT2D eigenvalue weighted by Gasteiger charge is -2.27. The fraction of sp³-hybridized carbons (Fsp3) is 0.659. The summed E-state index contributed by atoms with van der Waals surface area (Å²) < 4.78 is 5.78. The molecule has 0 aliphatic carbocycles. The molecule has 46 heavy (non-hydrogen) atoms. The summed E-state index contributed by atoms with van der Waals surface area (Å²) in [5.41, 5.74) is -1.07. The van der Waals surface area contributed by atoms with Gasteiger partial charge in [-0.2, -0.15) is 0 Å². The monoisotopic (exact) mass is 638 g/mol. The molecule has 0 spiro atoms. The lowest BCUT2D eigenvalue weighted by atomic mass is 9.82. The maximum absolute atomic E-state index is 12.6. The quantitative estimate of drug-likeness (QED) is 0.0715. The van der Waals surface area contributed by atoms with Gasteiger partial charge in [-0.15, -0.1) is 0 Å². The average Bonchev–Trinajstić information content (AvgIpc) is 3.08. The topological polar surface area (TPSA) is 83.8 Å². The Kier molecular flexibility index (Phi) is 25.9. The van der Waals surface area contributed by atoms with Crippen LogP contribution in [0.25, 0.3) is 0 Å². The number of carboxylic acid groups (broad SMARTS) is 1. The molecule has 0 saturated heterocycles. The van der Waals surface area contributed by atoms with Crippen LogP contribution in [0.3, 0.4) is 0 Å². The molecule has 260 valence electrons. The maximum Gasteiger partial charge on any atom is 0.303 e. The highest BCUT2D eigenvalue weighted by Gasteiger charge is 2.38. The highest BCUT2D eigenvalue weighted by atomic mass is 16.5. The molecule has 5 heteroatoms. The molecule has 0 fully saturated rings. The largest absolute Gasteiger partial charge is 0.481 e. The van der Waals surface area contributed by atoms with E-state index in [0.29, 0.717) is 11.1 Å². The molecule has 2 rings (SSSR count). The molecule has 5 nitrogen and oxygen atoms in total. The fourth-order valence-corrected chi connectivity index (χ4v) is 5.70. The second kappa shape index (κ2) is 28.7. The number of unbranched alkanes of at least 4 members (excludes halogenated alkanes) is 18. The summed E-state index contributed by atoms with van der Waals surface area (Å²) in [6, 6.07) is 16.8. The summed E-state index contributed by atoms with van der Waals surface area (Å²) in [6.07, 6.45) is 27.7. The van der Waals surface area contributed by atoms with Crippen LogP contribution in [-0.4, -0.2) is 35.2 Å². The van der Waals surface area contributed by atoms with Crippen LogP contribution in [-0.2, 0) is 15.1 Å². The molecule has 1 atom stereocenters. The Morgan fingerprint density at radius 1 is 0.565 bits per heavy atom. The van der Waals surface area contributed by atoms with E-state index in [2.05, 4.69) is 13.8 Å². The van der Waals surface area contributed by atoms with Gasteiger partial charge in [0, 0.05) is 25.2 Å². The zero-order chi connectivity index (χ0) is 33.6. The standard InChI is InChI=1S/C24H50O.C17H16O4/c1-3-5-7-9-11-13-15-17-19-21-23-25-24-22-20-18-16-14-12-10-8-6-4-2;18-15(19)11-12-17(21,14-9-5-2-6-10-14)16(20)13-7-3-1-4-8-13/h3-24H2,1-2H3;1-10,21H,11-12H2,(H,18,19). The van der Waals surface area contributed by atoms with E-state index in [1.165, 1.54) is 128 Å². The second-order valence-electron chi connectivity index (χ2n) is 12.8. The molecular weight excluding hydrogens is 572 g/mol. The zero-order valence-corrected chi connectivity index (χ0v) is 29.4. The van der Waals surface area contributed by atoms with Crippen LogP contribution in [0.2, 0.25) is 0 Å². The minimum atomic E-state index is -1.83. The number of ketones is 1. The van der Waals surface area contributed by atoms with Crippen molar-refractivity contribution < 1.29 is 24.5 Å². The fourth-order valence-electron chi connectivity index (χ4n) is 5.70. The smallest absolute Gasteiger partial charge is 0.303 e.